The second kappa shape index (κ2) is 8.08. The lowest BCUT2D eigenvalue weighted by Crippen LogP contribution is -2.28. The van der Waals surface area contributed by atoms with Gasteiger partial charge in [0.1, 0.15) is 5.69 Å². The van der Waals surface area contributed by atoms with Gasteiger partial charge in [-0.3, -0.25) is 9.78 Å². The van der Waals surface area contributed by atoms with Gasteiger partial charge in [0.2, 0.25) is 5.89 Å². The first-order chi connectivity index (χ1) is 14.0. The SMILES string of the molecule is Cc1cnc(-c2nnc([C@@H]3CCN(C(=O)c4ccc(CN(C)C)cc4)C3)o2)cn1. The molecule has 0 bridgehead atoms. The van der Waals surface area contributed by atoms with Gasteiger partial charge in [0.15, 0.2) is 0 Å². The molecule has 29 heavy (non-hydrogen) atoms. The average Bonchev–Trinajstić information content (AvgIpc) is 3.38. The fourth-order valence-electron chi connectivity index (χ4n) is 3.45. The number of nitrogens with zero attached hydrogens (tertiary/aromatic N) is 6. The number of likely N-dealkylation sites (tertiary alicyclic amines) is 1. The third kappa shape index (κ3) is 4.32. The monoisotopic (exact) mass is 392 g/mol. The Labute approximate surface area is 169 Å². The van der Waals surface area contributed by atoms with E-state index in [0.717, 1.165) is 18.7 Å². The topological polar surface area (TPSA) is 88.3 Å². The summed E-state index contributed by atoms with van der Waals surface area (Å²) in [5.74, 6) is 0.965. The number of benzene rings is 1. The van der Waals surface area contributed by atoms with Crippen LogP contribution in [-0.2, 0) is 6.54 Å². The average molecular weight is 392 g/mol. The summed E-state index contributed by atoms with van der Waals surface area (Å²) in [6.45, 7) is 3.96. The maximum atomic E-state index is 12.8. The van der Waals surface area contributed by atoms with Crippen LogP contribution in [0.25, 0.3) is 11.6 Å². The molecule has 1 saturated heterocycles. The smallest absolute Gasteiger partial charge is 0.267 e. The van der Waals surface area contributed by atoms with Crippen molar-refractivity contribution < 1.29 is 9.21 Å². The first kappa shape index (κ1) is 19.2. The van der Waals surface area contributed by atoms with E-state index in [2.05, 4.69) is 25.1 Å². The molecular formula is C21H24N6O2. The summed E-state index contributed by atoms with van der Waals surface area (Å²) in [7, 11) is 4.05. The van der Waals surface area contributed by atoms with Crippen LogP contribution in [0.5, 0.6) is 0 Å². The van der Waals surface area contributed by atoms with E-state index in [9.17, 15) is 4.79 Å². The minimum absolute atomic E-state index is 0.0339. The van der Waals surface area contributed by atoms with Crippen molar-refractivity contribution in [2.75, 3.05) is 27.2 Å². The predicted molar refractivity (Wildman–Crippen MR) is 107 cm³/mol. The molecule has 1 aromatic carbocycles. The molecule has 1 atom stereocenters. The minimum Gasteiger partial charge on any atom is -0.419 e. The zero-order valence-electron chi connectivity index (χ0n) is 16.9. The zero-order valence-corrected chi connectivity index (χ0v) is 16.9. The maximum Gasteiger partial charge on any atom is 0.267 e. The first-order valence-corrected chi connectivity index (χ1v) is 9.65. The van der Waals surface area contributed by atoms with Crippen molar-refractivity contribution in [2.45, 2.75) is 25.8 Å². The van der Waals surface area contributed by atoms with E-state index in [4.69, 9.17) is 4.42 Å². The lowest BCUT2D eigenvalue weighted by Gasteiger charge is -2.16. The predicted octanol–water partition coefficient (Wildman–Crippen LogP) is 2.53. The summed E-state index contributed by atoms with van der Waals surface area (Å²) in [5, 5.41) is 8.27. The van der Waals surface area contributed by atoms with Crippen LogP contribution in [0.3, 0.4) is 0 Å². The van der Waals surface area contributed by atoms with Crippen molar-refractivity contribution in [1.82, 2.24) is 30.0 Å². The molecule has 0 radical (unpaired) electrons. The molecule has 1 aliphatic rings. The number of aromatic nitrogens is 4. The van der Waals surface area contributed by atoms with E-state index in [1.807, 2.05) is 50.2 Å². The van der Waals surface area contributed by atoms with E-state index < -0.39 is 0 Å². The third-order valence-corrected chi connectivity index (χ3v) is 4.97. The Morgan fingerprint density at radius 2 is 1.97 bits per heavy atom. The molecular weight excluding hydrogens is 368 g/mol. The van der Waals surface area contributed by atoms with Crippen LogP contribution in [-0.4, -0.2) is 63.1 Å². The van der Waals surface area contributed by atoms with Gasteiger partial charge >= 0.3 is 0 Å². The Morgan fingerprint density at radius 1 is 1.17 bits per heavy atom. The summed E-state index contributed by atoms with van der Waals surface area (Å²) in [6.07, 6.45) is 4.09. The Morgan fingerprint density at radius 3 is 2.66 bits per heavy atom. The van der Waals surface area contributed by atoms with Crippen LogP contribution < -0.4 is 0 Å². The molecule has 0 N–H and O–H groups in total. The molecule has 1 amide bonds. The normalized spacial score (nSPS) is 16.6. The Kier molecular flexibility index (Phi) is 5.35. The molecule has 0 aliphatic carbocycles. The van der Waals surface area contributed by atoms with Crippen LogP contribution in [0.15, 0.2) is 41.1 Å². The highest BCUT2D eigenvalue weighted by Crippen LogP contribution is 2.29. The molecule has 4 rings (SSSR count). The highest BCUT2D eigenvalue weighted by Gasteiger charge is 2.31. The molecule has 1 fully saturated rings. The first-order valence-electron chi connectivity index (χ1n) is 9.65. The maximum absolute atomic E-state index is 12.8. The second-order valence-electron chi connectivity index (χ2n) is 7.66. The zero-order chi connectivity index (χ0) is 20.4. The van der Waals surface area contributed by atoms with Crippen molar-refractivity contribution in [3.8, 4) is 11.6 Å². The number of carbonyl (C=O) groups is 1. The molecule has 0 saturated carbocycles. The summed E-state index contributed by atoms with van der Waals surface area (Å²) >= 11 is 0. The van der Waals surface area contributed by atoms with Crippen LogP contribution in [0.4, 0.5) is 0 Å². The van der Waals surface area contributed by atoms with Crippen LogP contribution >= 0.6 is 0 Å². The summed E-state index contributed by atoms with van der Waals surface area (Å²) in [4.78, 5) is 25.3. The Hall–Kier alpha value is -3.13. The minimum atomic E-state index is 0.0339. The highest BCUT2D eigenvalue weighted by atomic mass is 16.4. The molecule has 8 nitrogen and oxygen atoms in total. The van der Waals surface area contributed by atoms with Gasteiger partial charge < -0.3 is 14.2 Å². The number of amides is 1. The van der Waals surface area contributed by atoms with E-state index in [-0.39, 0.29) is 11.8 Å². The van der Waals surface area contributed by atoms with Gasteiger partial charge in [-0.15, -0.1) is 10.2 Å². The van der Waals surface area contributed by atoms with Gasteiger partial charge in [0.25, 0.3) is 11.8 Å². The molecule has 8 heteroatoms. The molecule has 3 aromatic rings. The lowest BCUT2D eigenvalue weighted by atomic mass is 10.1. The van der Waals surface area contributed by atoms with Crippen molar-refractivity contribution in [3.05, 3.63) is 59.4 Å². The van der Waals surface area contributed by atoms with E-state index in [1.165, 1.54) is 5.56 Å². The van der Waals surface area contributed by atoms with Crippen molar-refractivity contribution in [3.63, 3.8) is 0 Å². The number of aryl methyl sites for hydroxylation is 1. The summed E-state index contributed by atoms with van der Waals surface area (Å²) in [6, 6.07) is 7.81. The van der Waals surface area contributed by atoms with Gasteiger partial charge in [-0.05, 0) is 45.1 Å². The van der Waals surface area contributed by atoms with Gasteiger partial charge in [0, 0.05) is 31.4 Å². The second-order valence-corrected chi connectivity index (χ2v) is 7.66. The number of carbonyl (C=O) groups excluding carboxylic acids is 1. The van der Waals surface area contributed by atoms with E-state index in [0.29, 0.717) is 36.1 Å². The molecule has 1 aliphatic heterocycles. The number of rotatable bonds is 5. The third-order valence-electron chi connectivity index (χ3n) is 4.97. The van der Waals surface area contributed by atoms with Gasteiger partial charge in [-0.2, -0.15) is 0 Å². The van der Waals surface area contributed by atoms with Crippen molar-refractivity contribution in [1.29, 1.82) is 0 Å². The number of hydrogen-bond donors (Lipinski definition) is 0. The largest absolute Gasteiger partial charge is 0.419 e. The summed E-state index contributed by atoms with van der Waals surface area (Å²) in [5.41, 5.74) is 3.27. The van der Waals surface area contributed by atoms with Gasteiger partial charge in [-0.1, -0.05) is 12.1 Å². The molecule has 0 spiro atoms. The lowest BCUT2D eigenvalue weighted by molar-refractivity contribution is 0.0790. The number of hydrogen-bond acceptors (Lipinski definition) is 7. The molecule has 2 aromatic heterocycles. The quantitative estimate of drug-likeness (QED) is 0.659. The van der Waals surface area contributed by atoms with E-state index >= 15 is 0 Å². The highest BCUT2D eigenvalue weighted by molar-refractivity contribution is 5.94. The fourth-order valence-corrected chi connectivity index (χ4v) is 3.45. The molecule has 0 unspecified atom stereocenters. The fraction of sp³-hybridized carbons (Fsp3) is 0.381. The van der Waals surface area contributed by atoms with Crippen LogP contribution in [0.1, 0.15) is 39.8 Å². The standard InChI is InChI=1S/C21H24N6O2/c1-14-10-23-18(11-22-14)20-25-24-19(29-20)17-8-9-27(13-17)21(28)16-6-4-15(5-7-16)12-26(2)3/h4-7,10-11,17H,8-9,12-13H2,1-3H3/t17-/m1/s1. The van der Waals surface area contributed by atoms with Crippen LogP contribution in [0, 0.1) is 6.92 Å². The summed E-state index contributed by atoms with van der Waals surface area (Å²) < 4.78 is 5.81. The van der Waals surface area contributed by atoms with E-state index in [1.54, 1.807) is 12.4 Å². The molecule has 3 heterocycles. The Bertz CT molecular complexity index is 981. The van der Waals surface area contributed by atoms with Gasteiger partial charge in [-0.25, -0.2) is 4.98 Å². The van der Waals surface area contributed by atoms with Crippen molar-refractivity contribution >= 4 is 5.91 Å². The molecule has 150 valence electrons. The van der Waals surface area contributed by atoms with Crippen molar-refractivity contribution in [2.24, 2.45) is 0 Å². The Balaban J connectivity index is 1.41. The van der Waals surface area contributed by atoms with Gasteiger partial charge in [0.05, 0.1) is 17.8 Å². The van der Waals surface area contributed by atoms with Crippen LogP contribution in [0.2, 0.25) is 0 Å².